The number of hydrogen-bond donors (Lipinski definition) is 2. The second kappa shape index (κ2) is 8.10. The lowest BCUT2D eigenvalue weighted by Gasteiger charge is -2.43. The normalized spacial score (nSPS) is 22.2. The van der Waals surface area contributed by atoms with Gasteiger partial charge in [0, 0.05) is 38.4 Å². The van der Waals surface area contributed by atoms with Gasteiger partial charge in [-0.2, -0.15) is 0 Å². The molecule has 2 heterocycles. The third-order valence-electron chi connectivity index (χ3n) is 5.48. The number of likely N-dealkylation sites (tertiary alicyclic amines) is 1. The van der Waals surface area contributed by atoms with E-state index in [0.717, 1.165) is 5.82 Å². The van der Waals surface area contributed by atoms with Crippen molar-refractivity contribution in [2.45, 2.75) is 38.8 Å². The van der Waals surface area contributed by atoms with Crippen molar-refractivity contribution < 1.29 is 24.2 Å². The zero-order valence-electron chi connectivity index (χ0n) is 15.7. The maximum atomic E-state index is 13.2. The zero-order chi connectivity index (χ0) is 20.3. The Balaban J connectivity index is 1.74. The molecular formula is C20H24FN3O4. The molecule has 8 heteroatoms. The van der Waals surface area contributed by atoms with Gasteiger partial charge in [-0.25, -0.2) is 9.37 Å². The van der Waals surface area contributed by atoms with Crippen molar-refractivity contribution in [2.75, 3.05) is 13.1 Å². The Labute approximate surface area is 162 Å². The molecule has 2 N–H and O–H groups in total. The molecule has 28 heavy (non-hydrogen) atoms. The van der Waals surface area contributed by atoms with E-state index in [1.54, 1.807) is 12.4 Å². The van der Waals surface area contributed by atoms with Crippen LogP contribution in [-0.2, 0) is 22.6 Å². The number of carboxylic acids is 1. The number of carbonyl (C=O) groups is 2. The second-order valence-electron chi connectivity index (χ2n) is 7.30. The van der Waals surface area contributed by atoms with Crippen LogP contribution in [0, 0.1) is 18.2 Å². The van der Waals surface area contributed by atoms with E-state index in [9.17, 15) is 24.2 Å². The number of aromatic nitrogens is 2. The number of aliphatic hydroxyl groups excluding tert-OH is 1. The van der Waals surface area contributed by atoms with E-state index in [2.05, 4.69) is 4.98 Å². The first kappa shape index (κ1) is 20.0. The van der Waals surface area contributed by atoms with E-state index in [1.165, 1.54) is 29.2 Å². The predicted molar refractivity (Wildman–Crippen MR) is 99.0 cm³/mol. The van der Waals surface area contributed by atoms with Crippen LogP contribution in [0.2, 0.25) is 0 Å². The molecule has 2 atom stereocenters. The largest absolute Gasteiger partial charge is 0.481 e. The number of amides is 1. The minimum atomic E-state index is -1.52. The number of nitrogens with zero attached hydrogens (tertiary/aromatic N) is 3. The first-order valence-corrected chi connectivity index (χ1v) is 9.23. The second-order valence-corrected chi connectivity index (χ2v) is 7.30. The SMILES string of the molecule is Cc1nccn1CCC(=O)N1CC[C@@H](O)[C@](Cc2ccc(F)cc2)(C(=O)O)C1. The van der Waals surface area contributed by atoms with Gasteiger partial charge < -0.3 is 19.7 Å². The molecule has 1 saturated heterocycles. The van der Waals surface area contributed by atoms with Crippen molar-refractivity contribution in [3.05, 3.63) is 53.9 Å². The molecule has 1 fully saturated rings. The fourth-order valence-electron chi connectivity index (χ4n) is 3.73. The molecule has 1 aromatic carbocycles. The van der Waals surface area contributed by atoms with Crippen LogP contribution in [0.1, 0.15) is 24.2 Å². The molecule has 0 radical (unpaired) electrons. The van der Waals surface area contributed by atoms with Gasteiger partial charge in [0.1, 0.15) is 17.1 Å². The van der Waals surface area contributed by atoms with Crippen molar-refractivity contribution in [3.63, 3.8) is 0 Å². The average Bonchev–Trinajstić information content (AvgIpc) is 3.08. The first-order valence-electron chi connectivity index (χ1n) is 9.23. The van der Waals surface area contributed by atoms with E-state index in [4.69, 9.17) is 0 Å². The summed E-state index contributed by atoms with van der Waals surface area (Å²) in [6, 6.07) is 5.54. The highest BCUT2D eigenvalue weighted by atomic mass is 19.1. The third-order valence-corrected chi connectivity index (χ3v) is 5.48. The Morgan fingerprint density at radius 2 is 2.04 bits per heavy atom. The monoisotopic (exact) mass is 389 g/mol. The van der Waals surface area contributed by atoms with E-state index in [1.807, 2.05) is 11.5 Å². The van der Waals surface area contributed by atoms with Crippen molar-refractivity contribution in [3.8, 4) is 0 Å². The summed E-state index contributed by atoms with van der Waals surface area (Å²) < 4.78 is 15.0. The summed E-state index contributed by atoms with van der Waals surface area (Å²) in [5, 5.41) is 20.4. The summed E-state index contributed by atoms with van der Waals surface area (Å²) in [6.45, 7) is 2.53. The zero-order valence-corrected chi connectivity index (χ0v) is 15.7. The lowest BCUT2D eigenvalue weighted by atomic mass is 9.72. The minimum Gasteiger partial charge on any atom is -0.481 e. The summed E-state index contributed by atoms with van der Waals surface area (Å²) in [7, 11) is 0. The van der Waals surface area contributed by atoms with Gasteiger partial charge in [-0.15, -0.1) is 0 Å². The van der Waals surface area contributed by atoms with Crippen molar-refractivity contribution >= 4 is 11.9 Å². The number of imidazole rings is 1. The quantitative estimate of drug-likeness (QED) is 0.783. The fraction of sp³-hybridized carbons (Fsp3) is 0.450. The highest BCUT2D eigenvalue weighted by Gasteiger charge is 2.50. The van der Waals surface area contributed by atoms with Crippen molar-refractivity contribution in [1.29, 1.82) is 0 Å². The van der Waals surface area contributed by atoms with Crippen LogP contribution in [0.15, 0.2) is 36.7 Å². The van der Waals surface area contributed by atoms with Gasteiger partial charge in [0.2, 0.25) is 5.91 Å². The topological polar surface area (TPSA) is 95.7 Å². The van der Waals surface area contributed by atoms with E-state index >= 15 is 0 Å². The summed E-state index contributed by atoms with van der Waals surface area (Å²) in [6.07, 6.45) is 2.79. The first-order chi connectivity index (χ1) is 13.3. The number of halogens is 1. The fourth-order valence-corrected chi connectivity index (χ4v) is 3.73. The third kappa shape index (κ3) is 4.06. The maximum absolute atomic E-state index is 13.2. The van der Waals surface area contributed by atoms with Crippen LogP contribution < -0.4 is 0 Å². The number of rotatable bonds is 6. The highest BCUT2D eigenvalue weighted by molar-refractivity contribution is 5.80. The molecule has 150 valence electrons. The molecule has 1 aliphatic heterocycles. The number of carbonyl (C=O) groups excluding carboxylic acids is 1. The van der Waals surface area contributed by atoms with Crippen molar-refractivity contribution in [2.24, 2.45) is 5.41 Å². The lowest BCUT2D eigenvalue weighted by molar-refractivity contribution is -0.165. The predicted octanol–water partition coefficient (Wildman–Crippen LogP) is 1.63. The molecule has 2 aromatic rings. The number of hydrogen-bond acceptors (Lipinski definition) is 4. The van der Waals surface area contributed by atoms with Crippen LogP contribution in [0.5, 0.6) is 0 Å². The number of benzene rings is 1. The van der Waals surface area contributed by atoms with Gasteiger partial charge in [0.25, 0.3) is 0 Å². The molecule has 0 unspecified atom stereocenters. The van der Waals surface area contributed by atoms with Crippen LogP contribution >= 0.6 is 0 Å². The number of aliphatic hydroxyl groups is 1. The molecule has 0 spiro atoms. The van der Waals surface area contributed by atoms with Crippen LogP contribution in [-0.4, -0.2) is 55.7 Å². The molecule has 1 amide bonds. The average molecular weight is 389 g/mol. The number of aliphatic carboxylic acids is 1. The van der Waals surface area contributed by atoms with Gasteiger partial charge in [-0.05, 0) is 37.5 Å². The Kier molecular flexibility index (Phi) is 5.79. The molecule has 7 nitrogen and oxygen atoms in total. The van der Waals surface area contributed by atoms with Gasteiger partial charge in [-0.3, -0.25) is 9.59 Å². The Morgan fingerprint density at radius 1 is 1.32 bits per heavy atom. The van der Waals surface area contributed by atoms with Gasteiger partial charge in [0.15, 0.2) is 0 Å². The van der Waals surface area contributed by atoms with E-state index in [0.29, 0.717) is 18.7 Å². The Morgan fingerprint density at radius 3 is 2.64 bits per heavy atom. The minimum absolute atomic E-state index is 0.0220. The summed E-state index contributed by atoms with van der Waals surface area (Å²) in [5.41, 5.74) is -0.914. The molecule has 3 rings (SSSR count). The molecule has 1 aliphatic rings. The molecular weight excluding hydrogens is 365 g/mol. The summed E-state index contributed by atoms with van der Waals surface area (Å²) in [5.74, 6) is -0.931. The van der Waals surface area contributed by atoms with E-state index < -0.39 is 23.3 Å². The Hall–Kier alpha value is -2.74. The smallest absolute Gasteiger partial charge is 0.314 e. The number of piperidine rings is 1. The van der Waals surface area contributed by atoms with Gasteiger partial charge in [0.05, 0.1) is 6.10 Å². The van der Waals surface area contributed by atoms with Crippen LogP contribution in [0.25, 0.3) is 0 Å². The Bertz CT molecular complexity index is 851. The molecule has 0 bridgehead atoms. The number of aryl methyl sites for hydroxylation is 2. The molecule has 1 aromatic heterocycles. The maximum Gasteiger partial charge on any atom is 0.314 e. The summed E-state index contributed by atoms with van der Waals surface area (Å²) >= 11 is 0. The van der Waals surface area contributed by atoms with Crippen LogP contribution in [0.3, 0.4) is 0 Å². The van der Waals surface area contributed by atoms with Gasteiger partial charge in [-0.1, -0.05) is 12.1 Å². The standard InChI is InChI=1S/C20H24FN3O4/c1-14-22-8-11-23(14)10-7-18(26)24-9-6-17(25)20(13-24,19(27)28)12-15-2-4-16(21)5-3-15/h2-5,8,11,17,25H,6-7,9-10,12-13H2,1H3,(H,27,28)/t17-,20-/m1/s1. The van der Waals surface area contributed by atoms with Crippen LogP contribution in [0.4, 0.5) is 4.39 Å². The molecule has 0 aliphatic carbocycles. The van der Waals surface area contributed by atoms with E-state index in [-0.39, 0.29) is 31.7 Å². The summed E-state index contributed by atoms with van der Waals surface area (Å²) in [4.78, 5) is 30.4. The highest BCUT2D eigenvalue weighted by Crippen LogP contribution is 2.35. The number of carboxylic acid groups (broad SMARTS) is 1. The molecule has 0 saturated carbocycles. The van der Waals surface area contributed by atoms with Crippen molar-refractivity contribution in [1.82, 2.24) is 14.5 Å². The van der Waals surface area contributed by atoms with Gasteiger partial charge >= 0.3 is 5.97 Å². The lowest BCUT2D eigenvalue weighted by Crippen LogP contribution is -2.58.